The van der Waals surface area contributed by atoms with Gasteiger partial charge in [-0.15, -0.1) is 51.2 Å². The third-order valence-electron chi connectivity index (χ3n) is 14.1. The van der Waals surface area contributed by atoms with Crippen molar-refractivity contribution in [3.05, 3.63) is 232 Å². The fraction of sp³-hybridized carbons (Fsp3) is 0.324. The van der Waals surface area contributed by atoms with Crippen LogP contribution in [0.3, 0.4) is 0 Å². The minimum absolute atomic E-state index is 0. The number of amides is 1. The van der Waals surface area contributed by atoms with Crippen molar-refractivity contribution in [3.8, 4) is 34.2 Å². The number of halogens is 1. The van der Waals surface area contributed by atoms with E-state index in [0.29, 0.717) is 46.6 Å². The van der Waals surface area contributed by atoms with Crippen LogP contribution in [0.4, 0.5) is 5.69 Å². The molecular formula is C74H91ClIrN9O4-. The van der Waals surface area contributed by atoms with E-state index in [4.69, 9.17) is 11.5 Å². The summed E-state index contributed by atoms with van der Waals surface area (Å²) in [6.45, 7) is 33.5. The second-order valence-corrected chi connectivity index (χ2v) is 23.5. The van der Waals surface area contributed by atoms with Gasteiger partial charge in [-0.1, -0.05) is 229 Å². The van der Waals surface area contributed by atoms with E-state index in [2.05, 4.69) is 202 Å². The molecule has 15 heteroatoms. The molecular weight excluding hydrogens is 1310 g/mol. The summed E-state index contributed by atoms with van der Waals surface area (Å²) in [5.41, 5.74) is 25.9. The molecule has 2 heterocycles. The Morgan fingerprint density at radius 2 is 0.809 bits per heavy atom. The smallest absolute Gasteiger partial charge is 0.218 e. The van der Waals surface area contributed by atoms with Gasteiger partial charge in [0, 0.05) is 62.0 Å². The summed E-state index contributed by atoms with van der Waals surface area (Å²) in [4.78, 5) is 41.9. The van der Waals surface area contributed by atoms with Crippen LogP contribution in [-0.2, 0) is 29.7 Å². The Morgan fingerprint density at radius 1 is 0.472 bits per heavy atom. The number of Topliss-reactive ketones (excluding diaryl/α,β-unsaturated/α-hetero) is 2. The van der Waals surface area contributed by atoms with Gasteiger partial charge in [0.15, 0.2) is 17.4 Å². The summed E-state index contributed by atoms with van der Waals surface area (Å²) >= 11 is 4.64. The van der Waals surface area contributed by atoms with Gasteiger partial charge in [-0.25, -0.2) is 0 Å². The molecule has 5 N–H and O–H groups in total. The molecule has 0 atom stereocenters. The first-order valence-corrected chi connectivity index (χ1v) is 30.5. The number of nitrogen functional groups attached to an aromatic ring is 1. The molecule has 2 aromatic heterocycles. The van der Waals surface area contributed by atoms with Crippen molar-refractivity contribution in [2.75, 3.05) is 18.8 Å². The number of nitrogens with one attached hydrogen (secondary N) is 1. The zero-order valence-corrected chi connectivity index (χ0v) is 57.9. The van der Waals surface area contributed by atoms with Crippen LogP contribution in [0.1, 0.15) is 198 Å². The summed E-state index contributed by atoms with van der Waals surface area (Å²) in [5.74, 6) is 6.04. The van der Waals surface area contributed by atoms with Crippen LogP contribution in [0.5, 0.6) is 0 Å². The van der Waals surface area contributed by atoms with E-state index >= 15 is 0 Å². The predicted molar refractivity (Wildman–Crippen MR) is 363 cm³/mol. The van der Waals surface area contributed by atoms with Crippen molar-refractivity contribution in [2.24, 2.45) is 5.73 Å². The molecule has 0 saturated heterocycles. The van der Waals surface area contributed by atoms with Gasteiger partial charge in [-0.2, -0.15) is 5.10 Å². The van der Waals surface area contributed by atoms with E-state index < -0.39 is 0 Å². The quantitative estimate of drug-likeness (QED) is 0.0385. The monoisotopic (exact) mass is 1400 g/mol. The number of hydrogen-bond acceptors (Lipinski definition) is 10. The molecule has 0 aliphatic carbocycles. The second-order valence-electron chi connectivity index (χ2n) is 23.0. The molecule has 0 unspecified atom stereocenters. The number of benzene rings is 7. The molecule has 473 valence electrons. The Kier molecular flexibility index (Phi) is 31.9. The van der Waals surface area contributed by atoms with Gasteiger partial charge < -0.3 is 21.4 Å². The van der Waals surface area contributed by atoms with Crippen LogP contribution in [0.25, 0.3) is 34.2 Å². The summed E-state index contributed by atoms with van der Waals surface area (Å²) in [5, 5.41) is 19.8. The maximum atomic E-state index is 11.3. The number of para-hydroxylation sites is 3. The summed E-state index contributed by atoms with van der Waals surface area (Å²) in [6, 6.07) is 58.9. The molecule has 13 nitrogen and oxygen atoms in total. The molecule has 9 rings (SSSR count). The number of anilines is 1. The predicted octanol–water partition coefficient (Wildman–Crippen LogP) is 16.9. The van der Waals surface area contributed by atoms with Crippen LogP contribution < -0.4 is 16.8 Å². The molecule has 0 aliphatic heterocycles. The third kappa shape index (κ3) is 22.5. The SMILES string of the molecule is CC(=O)Cl.CC(=O)NCC(=O)c1ccccc1.CC(C)c1cccc(C(C)C)c1N.Cc1nnc(-c2[c-]cccc2)n1-c1c(C(C)C)cccc1C(C)C.Cc1nnc(-c2ccccc2)n1-c1c(C(C)C)cccc1C(C)C.NCC(=O)c1ccccc1.[Ir]. The molecule has 0 spiro atoms. The minimum atomic E-state index is -0.361. The molecule has 9 aromatic rings. The zero-order chi connectivity index (χ0) is 65.2. The Morgan fingerprint density at radius 3 is 1.16 bits per heavy atom. The fourth-order valence-electron chi connectivity index (χ4n) is 9.56. The Bertz CT molecular complexity index is 3390. The van der Waals surface area contributed by atoms with Gasteiger partial charge in [-0.05, 0) is 94.3 Å². The molecule has 1 radical (unpaired) electrons. The maximum absolute atomic E-state index is 11.3. The number of carbonyl (C=O) groups is 4. The molecule has 0 bridgehead atoms. The van der Waals surface area contributed by atoms with E-state index in [-0.39, 0.29) is 55.9 Å². The number of nitrogens with two attached hydrogens (primary N) is 2. The van der Waals surface area contributed by atoms with E-state index in [1.807, 2.05) is 80.6 Å². The summed E-state index contributed by atoms with van der Waals surface area (Å²) < 4.78 is 4.41. The van der Waals surface area contributed by atoms with Crippen molar-refractivity contribution in [1.82, 2.24) is 34.8 Å². The number of aryl methyl sites for hydroxylation is 2. The minimum Gasteiger partial charge on any atom is -0.398 e. The van der Waals surface area contributed by atoms with E-state index in [1.165, 1.54) is 58.6 Å². The third-order valence-corrected chi connectivity index (χ3v) is 14.1. The largest absolute Gasteiger partial charge is 0.398 e. The van der Waals surface area contributed by atoms with Crippen LogP contribution in [0.2, 0.25) is 0 Å². The number of nitrogens with zero attached hydrogens (tertiary/aromatic N) is 6. The van der Waals surface area contributed by atoms with Crippen LogP contribution in [-0.4, -0.2) is 65.3 Å². The standard InChI is InChI=1S/C21H25N3.C21H24N3.C12H19N.C10H11NO2.C8H9NO.C2H3ClO.Ir/c2*1-14(2)18-12-9-13-19(15(3)4)20(18)24-16(5)22-23-21(24)17-10-7-6-8-11-17;1-8(2)10-6-5-7-11(9(3)4)12(10)13;1-8(12)11-7-10(13)9-5-3-2-4-6-9;9-6-8(10)7-4-2-1-3-5-7;1-2(3)4;/h6-15H,1-5H3;6-10,12-15H,1-5H3;5-9H,13H2,1-4H3;2-6H,7H2,1H3,(H,11,12);1-5H,6,9H2;1H3;/q;-1;;;;;. The van der Waals surface area contributed by atoms with Gasteiger partial charge in [0.25, 0.3) is 0 Å². The average Bonchev–Trinajstić information content (AvgIpc) is 1.77. The molecule has 1 amide bonds. The number of rotatable bonds is 15. The molecule has 0 aliphatic rings. The molecule has 89 heavy (non-hydrogen) atoms. The Balaban J connectivity index is 0.000000297. The van der Waals surface area contributed by atoms with Crippen molar-refractivity contribution < 1.29 is 39.3 Å². The van der Waals surface area contributed by atoms with Crippen molar-refractivity contribution >= 4 is 40.0 Å². The summed E-state index contributed by atoms with van der Waals surface area (Å²) in [6.07, 6.45) is 0. The van der Waals surface area contributed by atoms with Crippen LogP contribution in [0, 0.1) is 19.9 Å². The van der Waals surface area contributed by atoms with Gasteiger partial charge in [0.2, 0.25) is 11.1 Å². The molecule has 0 saturated carbocycles. The topological polar surface area (TPSA) is 194 Å². The first kappa shape index (κ1) is 75.2. The van der Waals surface area contributed by atoms with E-state index in [0.717, 1.165) is 40.1 Å². The van der Waals surface area contributed by atoms with Crippen molar-refractivity contribution in [2.45, 2.75) is 146 Å². The average molecular weight is 1400 g/mol. The van der Waals surface area contributed by atoms with Crippen molar-refractivity contribution in [3.63, 3.8) is 0 Å². The van der Waals surface area contributed by atoms with Gasteiger partial charge in [-0.3, -0.25) is 23.7 Å². The Labute approximate surface area is 547 Å². The van der Waals surface area contributed by atoms with E-state index in [1.54, 1.807) is 36.4 Å². The van der Waals surface area contributed by atoms with Crippen LogP contribution >= 0.6 is 11.6 Å². The second kappa shape index (κ2) is 37.8. The zero-order valence-electron chi connectivity index (χ0n) is 54.7. The van der Waals surface area contributed by atoms with Gasteiger partial charge in [0.1, 0.15) is 11.6 Å². The summed E-state index contributed by atoms with van der Waals surface area (Å²) in [7, 11) is 0. The first-order chi connectivity index (χ1) is 41.8. The van der Waals surface area contributed by atoms with Crippen LogP contribution in [0.15, 0.2) is 170 Å². The molecule has 7 aromatic carbocycles. The van der Waals surface area contributed by atoms with Gasteiger partial charge >= 0.3 is 0 Å². The van der Waals surface area contributed by atoms with E-state index in [9.17, 15) is 19.2 Å². The Hall–Kier alpha value is -8.00. The first-order valence-electron chi connectivity index (χ1n) is 30.1. The molecule has 0 fully saturated rings. The normalized spacial score (nSPS) is 10.5. The fourth-order valence-corrected chi connectivity index (χ4v) is 9.56. The maximum Gasteiger partial charge on any atom is 0.218 e. The van der Waals surface area contributed by atoms with Gasteiger partial charge in [0.05, 0.1) is 24.6 Å². The number of hydrogen-bond donors (Lipinski definition) is 3. The number of carbonyl (C=O) groups excluding carboxylic acids is 4. The van der Waals surface area contributed by atoms with Crippen molar-refractivity contribution in [1.29, 1.82) is 0 Å². The number of ketones is 2. The number of aromatic nitrogens is 6.